The van der Waals surface area contributed by atoms with Gasteiger partial charge in [-0.2, -0.15) is 0 Å². The fraction of sp³-hybridized carbons (Fsp3) is 0.556. The standard InChI is InChI=1S/C9H13N3O3S/c13-9(14)8-11-7(6-16-8)5-10-12-1-3-15-4-2-12/h6,10H,1-5H2,(H,13,14). The number of hydrazine groups is 1. The summed E-state index contributed by atoms with van der Waals surface area (Å²) in [4.78, 5) is 14.6. The Balaban J connectivity index is 1.81. The lowest BCUT2D eigenvalue weighted by Crippen LogP contribution is -2.45. The van der Waals surface area contributed by atoms with Crippen LogP contribution in [-0.2, 0) is 11.3 Å². The Hall–Kier alpha value is -1.02. The second-order valence-electron chi connectivity index (χ2n) is 3.38. The van der Waals surface area contributed by atoms with Crippen LogP contribution >= 0.6 is 11.3 Å². The molecule has 2 heterocycles. The van der Waals surface area contributed by atoms with Crippen LogP contribution in [0.1, 0.15) is 15.5 Å². The topological polar surface area (TPSA) is 74.7 Å². The predicted molar refractivity (Wildman–Crippen MR) is 58.3 cm³/mol. The van der Waals surface area contributed by atoms with E-state index in [1.54, 1.807) is 5.38 Å². The number of carbonyl (C=O) groups is 1. The molecule has 16 heavy (non-hydrogen) atoms. The number of carboxylic acids is 1. The number of nitrogens with one attached hydrogen (secondary N) is 1. The van der Waals surface area contributed by atoms with Gasteiger partial charge in [0.2, 0.25) is 5.01 Å². The highest BCUT2D eigenvalue weighted by Crippen LogP contribution is 2.09. The van der Waals surface area contributed by atoms with E-state index >= 15 is 0 Å². The lowest BCUT2D eigenvalue weighted by atomic mass is 10.5. The fourth-order valence-electron chi connectivity index (χ4n) is 1.40. The van der Waals surface area contributed by atoms with Crippen LogP contribution in [0.3, 0.4) is 0 Å². The zero-order valence-corrected chi connectivity index (χ0v) is 9.50. The lowest BCUT2D eigenvalue weighted by molar-refractivity contribution is 0.0104. The van der Waals surface area contributed by atoms with Crippen LogP contribution in [0.2, 0.25) is 0 Å². The number of rotatable bonds is 4. The van der Waals surface area contributed by atoms with Crippen LogP contribution in [0.15, 0.2) is 5.38 Å². The second kappa shape index (κ2) is 5.35. The van der Waals surface area contributed by atoms with Crippen molar-refractivity contribution in [2.45, 2.75) is 6.54 Å². The Morgan fingerprint density at radius 2 is 2.38 bits per heavy atom. The molecule has 1 aliphatic rings. The summed E-state index contributed by atoms with van der Waals surface area (Å²) < 4.78 is 5.21. The quantitative estimate of drug-likeness (QED) is 0.785. The number of hydrogen-bond acceptors (Lipinski definition) is 6. The highest BCUT2D eigenvalue weighted by Gasteiger charge is 2.12. The van der Waals surface area contributed by atoms with Crippen LogP contribution in [-0.4, -0.2) is 47.4 Å². The van der Waals surface area contributed by atoms with Gasteiger partial charge in [0.05, 0.1) is 25.5 Å². The van der Waals surface area contributed by atoms with Gasteiger partial charge in [-0.05, 0) is 0 Å². The van der Waals surface area contributed by atoms with E-state index in [-0.39, 0.29) is 5.01 Å². The highest BCUT2D eigenvalue weighted by molar-refractivity contribution is 7.11. The Morgan fingerprint density at radius 3 is 3.00 bits per heavy atom. The van der Waals surface area contributed by atoms with Gasteiger partial charge in [0.15, 0.2) is 0 Å². The van der Waals surface area contributed by atoms with Gasteiger partial charge in [-0.3, -0.25) is 0 Å². The molecule has 0 bridgehead atoms. The molecule has 1 aromatic rings. The first kappa shape index (κ1) is 11.5. The molecule has 1 fully saturated rings. The number of aromatic nitrogens is 1. The molecule has 0 unspecified atom stereocenters. The largest absolute Gasteiger partial charge is 0.476 e. The SMILES string of the molecule is O=C(O)c1nc(CNN2CCOCC2)cs1. The van der Waals surface area contributed by atoms with Crippen LogP contribution in [0.25, 0.3) is 0 Å². The van der Waals surface area contributed by atoms with Gasteiger partial charge >= 0.3 is 5.97 Å². The van der Waals surface area contributed by atoms with Crippen molar-refractivity contribution in [1.82, 2.24) is 15.4 Å². The minimum absolute atomic E-state index is 0.138. The smallest absolute Gasteiger partial charge is 0.365 e. The molecule has 0 spiro atoms. The van der Waals surface area contributed by atoms with Gasteiger partial charge in [-0.15, -0.1) is 11.3 Å². The second-order valence-corrected chi connectivity index (χ2v) is 4.24. The van der Waals surface area contributed by atoms with Crippen LogP contribution < -0.4 is 5.43 Å². The van der Waals surface area contributed by atoms with Crippen molar-refractivity contribution in [2.75, 3.05) is 26.3 Å². The minimum Gasteiger partial charge on any atom is -0.476 e. The molecule has 0 aliphatic carbocycles. The molecule has 88 valence electrons. The van der Waals surface area contributed by atoms with Gasteiger partial charge in [-0.25, -0.2) is 20.2 Å². The molecule has 0 radical (unpaired) electrons. The number of carboxylic acid groups (broad SMARTS) is 1. The molecule has 1 aliphatic heterocycles. The monoisotopic (exact) mass is 243 g/mol. The van der Waals surface area contributed by atoms with Crippen LogP contribution in [0.4, 0.5) is 0 Å². The Morgan fingerprint density at radius 1 is 1.62 bits per heavy atom. The molecule has 0 atom stereocenters. The molecule has 1 aromatic heterocycles. The van der Waals surface area contributed by atoms with Crippen molar-refractivity contribution < 1.29 is 14.6 Å². The molecule has 2 rings (SSSR count). The average Bonchev–Trinajstić information content (AvgIpc) is 2.76. The third kappa shape index (κ3) is 2.99. The number of thiazole rings is 1. The van der Waals surface area contributed by atoms with E-state index in [0.717, 1.165) is 43.3 Å². The summed E-state index contributed by atoms with van der Waals surface area (Å²) >= 11 is 1.15. The van der Waals surface area contributed by atoms with Crippen molar-refractivity contribution in [2.24, 2.45) is 0 Å². The maximum atomic E-state index is 10.6. The van der Waals surface area contributed by atoms with Crippen LogP contribution in [0.5, 0.6) is 0 Å². The van der Waals surface area contributed by atoms with E-state index in [9.17, 15) is 4.79 Å². The summed E-state index contributed by atoms with van der Waals surface area (Å²) in [6.45, 7) is 3.70. The fourth-order valence-corrected chi connectivity index (χ4v) is 2.06. The zero-order chi connectivity index (χ0) is 11.4. The van der Waals surface area contributed by atoms with E-state index in [0.29, 0.717) is 6.54 Å². The van der Waals surface area contributed by atoms with E-state index in [2.05, 4.69) is 15.4 Å². The molecule has 0 amide bonds. The maximum absolute atomic E-state index is 10.6. The normalized spacial score (nSPS) is 17.5. The summed E-state index contributed by atoms with van der Waals surface area (Å²) in [6, 6.07) is 0. The Bertz CT molecular complexity index is 363. The van der Waals surface area contributed by atoms with Crippen LogP contribution in [0, 0.1) is 0 Å². The number of hydrogen-bond donors (Lipinski definition) is 2. The van der Waals surface area contributed by atoms with Crippen molar-refractivity contribution in [1.29, 1.82) is 0 Å². The Labute approximate surface area is 96.8 Å². The molecule has 0 saturated carbocycles. The van der Waals surface area contributed by atoms with Gasteiger partial charge < -0.3 is 9.84 Å². The molecule has 2 N–H and O–H groups in total. The molecular weight excluding hydrogens is 230 g/mol. The Kier molecular flexibility index (Phi) is 3.83. The predicted octanol–water partition coefficient (Wildman–Crippen LogP) is 0.178. The minimum atomic E-state index is -0.970. The van der Waals surface area contributed by atoms with Gasteiger partial charge in [0.25, 0.3) is 0 Å². The third-order valence-electron chi connectivity index (χ3n) is 2.23. The summed E-state index contributed by atoms with van der Waals surface area (Å²) in [5, 5.41) is 12.7. The van der Waals surface area contributed by atoms with Gasteiger partial charge in [-0.1, -0.05) is 0 Å². The summed E-state index contributed by atoms with van der Waals surface area (Å²) in [6.07, 6.45) is 0. The van der Waals surface area contributed by atoms with E-state index in [1.807, 2.05) is 0 Å². The van der Waals surface area contributed by atoms with Crippen molar-refractivity contribution in [3.8, 4) is 0 Å². The van der Waals surface area contributed by atoms with Crippen molar-refractivity contribution in [3.05, 3.63) is 16.1 Å². The number of morpholine rings is 1. The lowest BCUT2D eigenvalue weighted by Gasteiger charge is -2.26. The highest BCUT2D eigenvalue weighted by atomic mass is 32.1. The number of ether oxygens (including phenoxy) is 1. The summed E-state index contributed by atoms with van der Waals surface area (Å²) in [5.74, 6) is -0.970. The first-order chi connectivity index (χ1) is 7.75. The third-order valence-corrected chi connectivity index (χ3v) is 3.11. The number of aromatic carboxylic acids is 1. The van der Waals surface area contributed by atoms with E-state index in [4.69, 9.17) is 9.84 Å². The molecule has 7 heteroatoms. The molecule has 1 saturated heterocycles. The van der Waals surface area contributed by atoms with E-state index < -0.39 is 5.97 Å². The number of nitrogens with zero attached hydrogens (tertiary/aromatic N) is 2. The van der Waals surface area contributed by atoms with E-state index in [1.165, 1.54) is 0 Å². The summed E-state index contributed by atoms with van der Waals surface area (Å²) in [5.41, 5.74) is 3.95. The van der Waals surface area contributed by atoms with Gasteiger partial charge in [0.1, 0.15) is 0 Å². The summed E-state index contributed by atoms with van der Waals surface area (Å²) in [7, 11) is 0. The molecule has 6 nitrogen and oxygen atoms in total. The zero-order valence-electron chi connectivity index (χ0n) is 8.68. The van der Waals surface area contributed by atoms with Crippen molar-refractivity contribution >= 4 is 17.3 Å². The maximum Gasteiger partial charge on any atom is 0.365 e. The molecular formula is C9H13N3O3S. The van der Waals surface area contributed by atoms with Crippen molar-refractivity contribution in [3.63, 3.8) is 0 Å². The first-order valence-electron chi connectivity index (χ1n) is 4.99. The molecule has 0 aromatic carbocycles. The average molecular weight is 243 g/mol. The van der Waals surface area contributed by atoms with Gasteiger partial charge in [0, 0.05) is 18.5 Å². The first-order valence-corrected chi connectivity index (χ1v) is 5.87.